The van der Waals surface area contributed by atoms with Gasteiger partial charge in [0.05, 0.1) is 0 Å². The first-order valence-electron chi connectivity index (χ1n) is 6.38. The molecule has 20 heavy (non-hydrogen) atoms. The molecule has 0 spiro atoms. The predicted molar refractivity (Wildman–Crippen MR) is 80.1 cm³/mol. The molecule has 1 aliphatic rings. The number of aliphatic hydroxyl groups is 1. The molecule has 0 atom stereocenters. The van der Waals surface area contributed by atoms with Gasteiger partial charge in [-0.2, -0.15) is 0 Å². The molecule has 0 aliphatic carbocycles. The number of nitrogens with zero attached hydrogens (tertiary/aromatic N) is 1. The van der Waals surface area contributed by atoms with Gasteiger partial charge >= 0.3 is 0 Å². The Hall–Kier alpha value is -2.09. The van der Waals surface area contributed by atoms with E-state index >= 15 is 0 Å². The average Bonchev–Trinajstić information content (AvgIpc) is 3.11. The summed E-state index contributed by atoms with van der Waals surface area (Å²) in [5.74, 6) is 5.42. The van der Waals surface area contributed by atoms with E-state index < -0.39 is 0 Å². The Kier molecular flexibility index (Phi) is 3.55. The van der Waals surface area contributed by atoms with E-state index in [1.807, 2.05) is 34.5 Å². The van der Waals surface area contributed by atoms with Crippen LogP contribution >= 0.6 is 11.3 Å². The van der Waals surface area contributed by atoms with Crippen LogP contribution in [0.4, 0.5) is 5.69 Å². The molecule has 0 radical (unpaired) electrons. The van der Waals surface area contributed by atoms with Crippen molar-refractivity contribution in [1.29, 1.82) is 0 Å². The molecule has 2 heterocycles. The topological polar surface area (TPSA) is 40.5 Å². The van der Waals surface area contributed by atoms with E-state index in [-0.39, 0.29) is 12.5 Å². The van der Waals surface area contributed by atoms with E-state index in [4.69, 9.17) is 5.11 Å². The average molecular weight is 283 g/mol. The van der Waals surface area contributed by atoms with Crippen LogP contribution in [0, 0.1) is 11.8 Å². The molecular weight excluding hydrogens is 270 g/mol. The minimum atomic E-state index is -0.198. The fourth-order valence-electron chi connectivity index (χ4n) is 2.38. The number of aliphatic hydroxyl groups excluding tert-OH is 1. The standard InChI is InChI=1S/C16H13NO2S/c18-10-3-5-13-8-11-20-15(13)16(19)17-9-7-12-4-1-2-6-14(12)17/h1-2,4,6,8,11,18H,7,9-10H2. The van der Waals surface area contributed by atoms with Crippen LogP contribution < -0.4 is 4.90 Å². The van der Waals surface area contributed by atoms with Gasteiger partial charge in [0.15, 0.2) is 0 Å². The smallest absolute Gasteiger partial charge is 0.269 e. The second kappa shape index (κ2) is 5.49. The minimum Gasteiger partial charge on any atom is -0.384 e. The zero-order valence-corrected chi connectivity index (χ0v) is 11.6. The molecule has 4 heteroatoms. The normalized spacial score (nSPS) is 12.8. The highest BCUT2D eigenvalue weighted by Gasteiger charge is 2.27. The number of hydrogen-bond acceptors (Lipinski definition) is 3. The number of benzene rings is 1. The molecule has 100 valence electrons. The first kappa shape index (κ1) is 12.9. The van der Waals surface area contributed by atoms with Gasteiger partial charge in [0.2, 0.25) is 0 Å². The summed E-state index contributed by atoms with van der Waals surface area (Å²) in [6, 6.07) is 9.81. The molecule has 0 saturated carbocycles. The Morgan fingerprint density at radius 3 is 3.05 bits per heavy atom. The van der Waals surface area contributed by atoms with Gasteiger partial charge in [0.1, 0.15) is 11.5 Å². The fourth-order valence-corrected chi connectivity index (χ4v) is 3.18. The third-order valence-corrected chi connectivity index (χ3v) is 4.20. The maximum atomic E-state index is 12.7. The summed E-state index contributed by atoms with van der Waals surface area (Å²) < 4.78 is 0. The summed E-state index contributed by atoms with van der Waals surface area (Å²) in [5, 5.41) is 10.6. The maximum Gasteiger partial charge on any atom is 0.269 e. The van der Waals surface area contributed by atoms with Crippen molar-refractivity contribution in [2.45, 2.75) is 6.42 Å². The molecule has 0 bridgehead atoms. The van der Waals surface area contributed by atoms with Crippen molar-refractivity contribution < 1.29 is 9.90 Å². The summed E-state index contributed by atoms with van der Waals surface area (Å²) in [6.45, 7) is 0.513. The predicted octanol–water partition coefficient (Wildman–Crippen LogP) is 2.29. The number of carbonyl (C=O) groups excluding carboxylic acids is 1. The van der Waals surface area contributed by atoms with Crippen LogP contribution in [-0.2, 0) is 6.42 Å². The van der Waals surface area contributed by atoms with Gasteiger partial charge < -0.3 is 10.0 Å². The van der Waals surface area contributed by atoms with Gasteiger partial charge in [-0.1, -0.05) is 30.0 Å². The summed E-state index contributed by atoms with van der Waals surface area (Å²) in [4.78, 5) is 15.1. The van der Waals surface area contributed by atoms with Crippen LogP contribution in [0.5, 0.6) is 0 Å². The quantitative estimate of drug-likeness (QED) is 0.816. The Morgan fingerprint density at radius 1 is 1.35 bits per heavy atom. The molecule has 1 N–H and O–H groups in total. The van der Waals surface area contributed by atoms with E-state index in [2.05, 4.69) is 17.9 Å². The Morgan fingerprint density at radius 2 is 2.20 bits per heavy atom. The molecule has 0 fully saturated rings. The molecule has 3 nitrogen and oxygen atoms in total. The van der Waals surface area contributed by atoms with E-state index in [1.54, 1.807) is 0 Å². The van der Waals surface area contributed by atoms with Crippen molar-refractivity contribution in [3.63, 3.8) is 0 Å². The number of carbonyl (C=O) groups is 1. The lowest BCUT2D eigenvalue weighted by atomic mass is 10.2. The highest BCUT2D eigenvalue weighted by Crippen LogP contribution is 2.30. The maximum absolute atomic E-state index is 12.7. The van der Waals surface area contributed by atoms with Crippen LogP contribution in [0.25, 0.3) is 0 Å². The van der Waals surface area contributed by atoms with Gasteiger partial charge in [0, 0.05) is 17.8 Å². The number of rotatable bonds is 1. The second-order valence-electron chi connectivity index (χ2n) is 4.46. The molecular formula is C16H13NO2S. The molecule has 1 amide bonds. The molecule has 0 saturated heterocycles. The fraction of sp³-hybridized carbons (Fsp3) is 0.188. The first-order chi connectivity index (χ1) is 9.81. The third kappa shape index (κ3) is 2.22. The number of amides is 1. The summed E-state index contributed by atoms with van der Waals surface area (Å²) in [5.41, 5.74) is 2.89. The van der Waals surface area contributed by atoms with E-state index in [9.17, 15) is 4.79 Å². The molecule has 1 aromatic carbocycles. The number of anilines is 1. The van der Waals surface area contributed by atoms with E-state index in [0.717, 1.165) is 12.1 Å². The second-order valence-corrected chi connectivity index (χ2v) is 5.37. The third-order valence-electron chi connectivity index (χ3n) is 3.29. The molecule has 1 aliphatic heterocycles. The molecule has 2 aromatic rings. The minimum absolute atomic E-state index is 0.00723. The van der Waals surface area contributed by atoms with Crippen molar-refractivity contribution in [2.75, 3.05) is 18.1 Å². The van der Waals surface area contributed by atoms with Crippen molar-refractivity contribution in [3.8, 4) is 11.8 Å². The van der Waals surface area contributed by atoms with Crippen LogP contribution in [-0.4, -0.2) is 24.2 Å². The zero-order valence-electron chi connectivity index (χ0n) is 10.8. The Bertz CT molecular complexity index is 709. The van der Waals surface area contributed by atoms with Crippen molar-refractivity contribution in [3.05, 3.63) is 51.7 Å². The lowest BCUT2D eigenvalue weighted by molar-refractivity contribution is 0.0993. The largest absolute Gasteiger partial charge is 0.384 e. The van der Waals surface area contributed by atoms with Crippen molar-refractivity contribution >= 4 is 22.9 Å². The SMILES string of the molecule is O=C(c1sccc1C#CCO)N1CCc2ccccc21. The zero-order chi connectivity index (χ0) is 13.9. The highest BCUT2D eigenvalue weighted by molar-refractivity contribution is 7.12. The molecule has 3 rings (SSSR count). The molecule has 1 aromatic heterocycles. The van der Waals surface area contributed by atoms with E-state index in [1.165, 1.54) is 16.9 Å². The van der Waals surface area contributed by atoms with Crippen LogP contribution in [0.15, 0.2) is 35.7 Å². The molecule has 0 unspecified atom stereocenters. The Balaban J connectivity index is 1.93. The van der Waals surface area contributed by atoms with Crippen molar-refractivity contribution in [2.24, 2.45) is 0 Å². The van der Waals surface area contributed by atoms with Gasteiger partial charge in [-0.05, 0) is 29.5 Å². The number of thiophene rings is 1. The van der Waals surface area contributed by atoms with Crippen LogP contribution in [0.2, 0.25) is 0 Å². The monoisotopic (exact) mass is 283 g/mol. The van der Waals surface area contributed by atoms with Crippen LogP contribution in [0.3, 0.4) is 0 Å². The number of para-hydroxylation sites is 1. The van der Waals surface area contributed by atoms with Gasteiger partial charge in [-0.3, -0.25) is 4.79 Å². The highest BCUT2D eigenvalue weighted by atomic mass is 32.1. The Labute approximate surface area is 121 Å². The van der Waals surface area contributed by atoms with Gasteiger partial charge in [-0.15, -0.1) is 11.3 Å². The van der Waals surface area contributed by atoms with Crippen molar-refractivity contribution in [1.82, 2.24) is 0 Å². The summed E-state index contributed by atoms with van der Waals surface area (Å²) in [7, 11) is 0. The number of fused-ring (bicyclic) bond motifs is 1. The van der Waals surface area contributed by atoms with E-state index in [0.29, 0.717) is 17.0 Å². The lowest BCUT2D eigenvalue weighted by Gasteiger charge is -2.16. The van der Waals surface area contributed by atoms with Gasteiger partial charge in [0.25, 0.3) is 5.91 Å². The summed E-state index contributed by atoms with van der Waals surface area (Å²) in [6.07, 6.45) is 0.894. The lowest BCUT2D eigenvalue weighted by Crippen LogP contribution is -2.28. The summed E-state index contributed by atoms with van der Waals surface area (Å²) >= 11 is 1.39. The number of hydrogen-bond donors (Lipinski definition) is 1. The van der Waals surface area contributed by atoms with Gasteiger partial charge in [-0.25, -0.2) is 0 Å². The van der Waals surface area contributed by atoms with Crippen LogP contribution in [0.1, 0.15) is 20.8 Å². The first-order valence-corrected chi connectivity index (χ1v) is 7.26.